The van der Waals surface area contributed by atoms with Gasteiger partial charge >= 0.3 is 0 Å². The predicted molar refractivity (Wildman–Crippen MR) is 92.0 cm³/mol. The van der Waals surface area contributed by atoms with Crippen LogP contribution in [0.2, 0.25) is 0 Å². The Morgan fingerprint density at radius 2 is 2.04 bits per heavy atom. The molecule has 0 atom stereocenters. The molecule has 122 valence electrons. The van der Waals surface area contributed by atoms with Gasteiger partial charge in [-0.25, -0.2) is 0 Å². The third-order valence-corrected chi connectivity index (χ3v) is 4.13. The summed E-state index contributed by atoms with van der Waals surface area (Å²) in [5.74, 6) is -0.335. The van der Waals surface area contributed by atoms with Crippen molar-refractivity contribution in [1.82, 2.24) is 4.90 Å². The largest absolute Gasteiger partial charge is 0.395 e. The summed E-state index contributed by atoms with van der Waals surface area (Å²) in [6.45, 7) is 2.81. The van der Waals surface area contributed by atoms with Crippen LogP contribution < -0.4 is 5.32 Å². The quantitative estimate of drug-likeness (QED) is 0.819. The molecule has 23 heavy (non-hydrogen) atoms. The number of anilines is 1. The second-order valence-electron chi connectivity index (χ2n) is 5.03. The van der Waals surface area contributed by atoms with Crippen LogP contribution in [0, 0.1) is 0 Å². The number of hydrogen-bond acceptors (Lipinski definition) is 4. The maximum absolute atomic E-state index is 12.5. The minimum atomic E-state index is -0.189. The van der Waals surface area contributed by atoms with Crippen LogP contribution in [0.3, 0.4) is 0 Å². The van der Waals surface area contributed by atoms with Crippen LogP contribution in [0.5, 0.6) is 0 Å². The first-order valence-electron chi connectivity index (χ1n) is 7.50. The summed E-state index contributed by atoms with van der Waals surface area (Å²) in [4.78, 5) is 26.8. The molecule has 2 amide bonds. The summed E-state index contributed by atoms with van der Waals surface area (Å²) in [5, 5.41) is 13.7. The number of amides is 2. The Labute approximate surface area is 139 Å². The van der Waals surface area contributed by atoms with E-state index >= 15 is 0 Å². The molecule has 0 aliphatic rings. The highest BCUT2D eigenvalue weighted by Gasteiger charge is 2.15. The van der Waals surface area contributed by atoms with Gasteiger partial charge in [-0.2, -0.15) is 0 Å². The molecule has 0 unspecified atom stereocenters. The lowest BCUT2D eigenvalue weighted by Crippen LogP contribution is -2.34. The summed E-state index contributed by atoms with van der Waals surface area (Å²) in [6, 6.07) is 10.4. The molecule has 2 N–H and O–H groups in total. The molecule has 0 saturated heterocycles. The van der Waals surface area contributed by atoms with Gasteiger partial charge in [-0.1, -0.05) is 19.1 Å². The number of aliphatic hydroxyl groups is 1. The van der Waals surface area contributed by atoms with E-state index in [1.54, 1.807) is 35.2 Å². The van der Waals surface area contributed by atoms with Crippen molar-refractivity contribution < 1.29 is 14.7 Å². The summed E-state index contributed by atoms with van der Waals surface area (Å²) >= 11 is 1.36. The highest BCUT2D eigenvalue weighted by Crippen LogP contribution is 2.16. The zero-order valence-electron chi connectivity index (χ0n) is 13.0. The summed E-state index contributed by atoms with van der Waals surface area (Å²) in [7, 11) is 0. The number of nitrogens with one attached hydrogen (secondary N) is 1. The van der Waals surface area contributed by atoms with E-state index in [9.17, 15) is 9.59 Å². The number of aliphatic hydroxyl groups excluding tert-OH is 1. The van der Waals surface area contributed by atoms with Crippen molar-refractivity contribution in [3.8, 4) is 0 Å². The highest BCUT2D eigenvalue weighted by atomic mass is 32.1. The van der Waals surface area contributed by atoms with Gasteiger partial charge in [-0.3, -0.25) is 9.59 Å². The fourth-order valence-electron chi connectivity index (χ4n) is 2.22. The third kappa shape index (κ3) is 4.64. The fourth-order valence-corrected chi connectivity index (χ4v) is 2.84. The Kier molecular flexibility index (Phi) is 6.31. The fraction of sp³-hybridized carbons (Fsp3) is 0.294. The van der Waals surface area contributed by atoms with Gasteiger partial charge in [0.05, 0.1) is 11.5 Å². The van der Waals surface area contributed by atoms with Crippen LogP contribution in [0.1, 0.15) is 33.4 Å². The van der Waals surface area contributed by atoms with E-state index in [2.05, 4.69) is 5.32 Å². The second kappa shape index (κ2) is 8.45. The Bertz CT molecular complexity index is 650. The van der Waals surface area contributed by atoms with Gasteiger partial charge in [-0.15, -0.1) is 11.3 Å². The molecule has 0 bridgehead atoms. The third-order valence-electron chi connectivity index (χ3n) is 3.26. The molecule has 0 saturated carbocycles. The summed E-state index contributed by atoms with van der Waals surface area (Å²) < 4.78 is 0. The smallest absolute Gasteiger partial charge is 0.265 e. The molecular formula is C17H20N2O3S. The first-order chi connectivity index (χ1) is 11.2. The Balaban J connectivity index is 2.12. The minimum Gasteiger partial charge on any atom is -0.395 e. The monoisotopic (exact) mass is 332 g/mol. The van der Waals surface area contributed by atoms with Crippen molar-refractivity contribution in [2.24, 2.45) is 0 Å². The van der Waals surface area contributed by atoms with E-state index in [0.717, 1.165) is 6.42 Å². The molecule has 1 aromatic heterocycles. The van der Waals surface area contributed by atoms with Gasteiger partial charge < -0.3 is 15.3 Å². The number of hydrogen-bond donors (Lipinski definition) is 2. The highest BCUT2D eigenvalue weighted by molar-refractivity contribution is 7.12. The average Bonchev–Trinajstić information content (AvgIpc) is 3.09. The lowest BCUT2D eigenvalue weighted by molar-refractivity contribution is 0.0721. The molecule has 0 fully saturated rings. The van der Waals surface area contributed by atoms with Gasteiger partial charge in [0.2, 0.25) is 0 Å². The molecule has 6 heteroatoms. The molecule has 0 spiro atoms. The molecule has 0 aliphatic carbocycles. The number of carbonyl (C=O) groups excluding carboxylic acids is 2. The molecule has 5 nitrogen and oxygen atoms in total. The first kappa shape index (κ1) is 17.2. The number of rotatable bonds is 7. The molecule has 1 aromatic carbocycles. The number of benzene rings is 1. The zero-order valence-corrected chi connectivity index (χ0v) is 13.8. The van der Waals surface area contributed by atoms with Crippen molar-refractivity contribution in [3.05, 3.63) is 52.2 Å². The van der Waals surface area contributed by atoms with Crippen LogP contribution in [0.25, 0.3) is 0 Å². The predicted octanol–water partition coefficient (Wildman–Crippen LogP) is 2.84. The topological polar surface area (TPSA) is 69.6 Å². The zero-order chi connectivity index (χ0) is 16.7. The van der Waals surface area contributed by atoms with Gasteiger partial charge in [-0.05, 0) is 36.1 Å². The Morgan fingerprint density at radius 1 is 1.22 bits per heavy atom. The van der Waals surface area contributed by atoms with Crippen molar-refractivity contribution in [2.45, 2.75) is 13.3 Å². The van der Waals surface area contributed by atoms with Crippen LogP contribution in [-0.2, 0) is 0 Å². The van der Waals surface area contributed by atoms with Crippen molar-refractivity contribution in [1.29, 1.82) is 0 Å². The number of carbonyl (C=O) groups is 2. The molecular weight excluding hydrogens is 312 g/mol. The molecule has 0 aliphatic heterocycles. The molecule has 2 aromatic rings. The minimum absolute atomic E-state index is 0.0689. The van der Waals surface area contributed by atoms with E-state index in [-0.39, 0.29) is 18.4 Å². The van der Waals surface area contributed by atoms with Crippen molar-refractivity contribution in [3.63, 3.8) is 0 Å². The van der Waals surface area contributed by atoms with Gasteiger partial charge in [0.1, 0.15) is 0 Å². The van der Waals surface area contributed by atoms with Gasteiger partial charge in [0.25, 0.3) is 11.8 Å². The van der Waals surface area contributed by atoms with Crippen LogP contribution >= 0.6 is 11.3 Å². The second-order valence-corrected chi connectivity index (χ2v) is 5.98. The lowest BCUT2D eigenvalue weighted by atomic mass is 10.1. The average molecular weight is 332 g/mol. The van der Waals surface area contributed by atoms with Crippen LogP contribution in [0.15, 0.2) is 41.8 Å². The maximum atomic E-state index is 12.5. The standard InChI is InChI=1S/C17H20N2O3S/c1-2-8-19(9-10-20)17(22)13-5-3-6-14(12-13)18-16(21)15-7-4-11-23-15/h3-7,11-12,20H,2,8-10H2,1H3,(H,18,21). The molecule has 0 radical (unpaired) electrons. The van der Waals surface area contributed by atoms with Gasteiger partial charge in [0, 0.05) is 24.3 Å². The summed E-state index contributed by atoms with van der Waals surface area (Å²) in [5.41, 5.74) is 1.07. The molecule has 2 rings (SSSR count). The van der Waals surface area contributed by atoms with Crippen molar-refractivity contribution in [2.75, 3.05) is 25.0 Å². The summed E-state index contributed by atoms with van der Waals surface area (Å²) in [6.07, 6.45) is 0.820. The SMILES string of the molecule is CCCN(CCO)C(=O)c1cccc(NC(=O)c2cccs2)c1. The first-order valence-corrected chi connectivity index (χ1v) is 8.38. The lowest BCUT2D eigenvalue weighted by Gasteiger charge is -2.21. The van der Waals surface area contributed by atoms with E-state index < -0.39 is 0 Å². The molecule has 1 heterocycles. The van der Waals surface area contributed by atoms with E-state index in [0.29, 0.717) is 29.2 Å². The Morgan fingerprint density at radius 3 is 2.70 bits per heavy atom. The number of nitrogens with zero attached hydrogens (tertiary/aromatic N) is 1. The van der Waals surface area contributed by atoms with Gasteiger partial charge in [0.15, 0.2) is 0 Å². The normalized spacial score (nSPS) is 10.3. The Hall–Kier alpha value is -2.18. The van der Waals surface area contributed by atoms with E-state index in [4.69, 9.17) is 5.11 Å². The van der Waals surface area contributed by atoms with Crippen LogP contribution in [0.4, 0.5) is 5.69 Å². The van der Waals surface area contributed by atoms with Crippen LogP contribution in [-0.4, -0.2) is 41.5 Å². The van der Waals surface area contributed by atoms with E-state index in [1.807, 2.05) is 18.4 Å². The number of thiophene rings is 1. The van der Waals surface area contributed by atoms with Crippen molar-refractivity contribution >= 4 is 28.8 Å². The van der Waals surface area contributed by atoms with E-state index in [1.165, 1.54) is 11.3 Å². The maximum Gasteiger partial charge on any atom is 0.265 e.